The number of morpholine rings is 1. The largest absolute Gasteiger partial charge is 0.377 e. The van der Waals surface area contributed by atoms with Crippen molar-refractivity contribution in [1.29, 1.82) is 0 Å². The summed E-state index contributed by atoms with van der Waals surface area (Å²) in [6.07, 6.45) is 1.52. The molecule has 1 aliphatic rings. The molecular weight excluding hydrogens is 254 g/mol. The van der Waals surface area contributed by atoms with Gasteiger partial charge in [0, 0.05) is 24.2 Å². The number of ether oxygens (including phenoxy) is 1. The predicted molar refractivity (Wildman–Crippen MR) is 68.2 cm³/mol. The molecule has 0 radical (unpaired) electrons. The molecule has 0 saturated carbocycles. The molecule has 1 aliphatic heterocycles. The van der Waals surface area contributed by atoms with E-state index in [1.54, 1.807) is 4.52 Å². The summed E-state index contributed by atoms with van der Waals surface area (Å²) in [7, 11) is 0. The molecule has 18 heavy (non-hydrogen) atoms. The molecule has 1 atom stereocenters. The maximum atomic E-state index is 6.01. The summed E-state index contributed by atoms with van der Waals surface area (Å²) in [6.45, 7) is 4.09. The summed E-state index contributed by atoms with van der Waals surface area (Å²) in [5.74, 6) is 2.12. The van der Waals surface area contributed by atoms with Gasteiger partial charge in [0.15, 0.2) is 0 Å². The monoisotopic (exact) mass is 267 g/mol. The molecule has 0 aliphatic carbocycles. The van der Waals surface area contributed by atoms with Crippen LogP contribution in [0.25, 0.3) is 5.78 Å². The van der Waals surface area contributed by atoms with Crippen molar-refractivity contribution in [3.63, 3.8) is 0 Å². The second-order valence-corrected chi connectivity index (χ2v) is 4.61. The highest BCUT2D eigenvalue weighted by molar-refractivity contribution is 6.18. The van der Waals surface area contributed by atoms with Crippen molar-refractivity contribution in [2.45, 2.75) is 13.0 Å². The maximum absolute atomic E-state index is 6.01. The van der Waals surface area contributed by atoms with E-state index < -0.39 is 0 Å². The second kappa shape index (κ2) is 4.70. The minimum Gasteiger partial charge on any atom is -0.377 e. The Kier molecular flexibility index (Phi) is 3.05. The molecule has 96 valence electrons. The van der Waals surface area contributed by atoms with Crippen molar-refractivity contribution < 1.29 is 4.74 Å². The van der Waals surface area contributed by atoms with Gasteiger partial charge in [0.25, 0.3) is 5.78 Å². The van der Waals surface area contributed by atoms with Gasteiger partial charge in [-0.1, -0.05) is 0 Å². The lowest BCUT2D eigenvalue weighted by atomic mass is 10.2. The zero-order valence-corrected chi connectivity index (χ0v) is 10.8. The predicted octanol–water partition coefficient (Wildman–Crippen LogP) is 0.877. The molecular formula is C11H14ClN5O. The lowest BCUT2D eigenvalue weighted by molar-refractivity contribution is 0.0991. The van der Waals surface area contributed by atoms with Gasteiger partial charge in [0.05, 0.1) is 19.3 Å². The highest BCUT2D eigenvalue weighted by Gasteiger charge is 2.25. The van der Waals surface area contributed by atoms with E-state index in [0.29, 0.717) is 24.9 Å². The van der Waals surface area contributed by atoms with Gasteiger partial charge in [-0.25, -0.2) is 4.98 Å². The Labute approximate surface area is 110 Å². The molecule has 2 aromatic heterocycles. The molecule has 7 heteroatoms. The van der Waals surface area contributed by atoms with Gasteiger partial charge in [-0.2, -0.15) is 14.6 Å². The zero-order valence-electron chi connectivity index (χ0n) is 10.1. The molecule has 0 amide bonds. The molecule has 3 heterocycles. The van der Waals surface area contributed by atoms with E-state index in [0.717, 1.165) is 18.1 Å². The third-order valence-electron chi connectivity index (χ3n) is 3.06. The lowest BCUT2D eigenvalue weighted by Crippen LogP contribution is -2.47. The van der Waals surface area contributed by atoms with Crippen LogP contribution in [0.2, 0.25) is 0 Å². The quantitative estimate of drug-likeness (QED) is 0.756. The number of fused-ring (bicyclic) bond motifs is 1. The smallest absolute Gasteiger partial charge is 0.254 e. The maximum Gasteiger partial charge on any atom is 0.254 e. The highest BCUT2D eigenvalue weighted by atomic mass is 35.5. The number of aryl methyl sites for hydroxylation is 1. The van der Waals surface area contributed by atoms with Crippen LogP contribution in [0.4, 0.5) is 5.82 Å². The topological polar surface area (TPSA) is 55.6 Å². The van der Waals surface area contributed by atoms with Gasteiger partial charge in [-0.15, -0.1) is 11.6 Å². The first-order valence-corrected chi connectivity index (χ1v) is 6.41. The summed E-state index contributed by atoms with van der Waals surface area (Å²) in [5.41, 5.74) is 0.922. The summed E-state index contributed by atoms with van der Waals surface area (Å²) >= 11 is 6.01. The van der Waals surface area contributed by atoms with E-state index >= 15 is 0 Å². The Morgan fingerprint density at radius 3 is 3.28 bits per heavy atom. The third kappa shape index (κ3) is 1.91. The average molecular weight is 268 g/mol. The van der Waals surface area contributed by atoms with Crippen molar-refractivity contribution in [3.8, 4) is 0 Å². The second-order valence-electron chi connectivity index (χ2n) is 4.30. The Hall–Kier alpha value is -1.40. The summed E-state index contributed by atoms with van der Waals surface area (Å²) in [6, 6.07) is 2.17. The van der Waals surface area contributed by atoms with Crippen molar-refractivity contribution in [1.82, 2.24) is 19.6 Å². The first-order chi connectivity index (χ1) is 8.79. The van der Waals surface area contributed by atoms with Crippen LogP contribution in [-0.4, -0.2) is 51.3 Å². The van der Waals surface area contributed by atoms with Gasteiger partial charge in [0.2, 0.25) is 0 Å². The van der Waals surface area contributed by atoms with Crippen LogP contribution in [0, 0.1) is 6.92 Å². The van der Waals surface area contributed by atoms with E-state index in [1.165, 1.54) is 6.33 Å². The van der Waals surface area contributed by atoms with Crippen LogP contribution < -0.4 is 4.90 Å². The number of hydrogen-bond acceptors (Lipinski definition) is 5. The van der Waals surface area contributed by atoms with Crippen LogP contribution in [0.15, 0.2) is 12.4 Å². The van der Waals surface area contributed by atoms with Crippen LogP contribution in [0.5, 0.6) is 0 Å². The van der Waals surface area contributed by atoms with Gasteiger partial charge in [-0.05, 0) is 6.92 Å². The number of halogens is 1. The van der Waals surface area contributed by atoms with Crippen molar-refractivity contribution in [2.24, 2.45) is 0 Å². The molecule has 3 rings (SSSR count). The molecule has 6 nitrogen and oxygen atoms in total. The number of rotatable bonds is 2. The molecule has 2 aromatic rings. The summed E-state index contributed by atoms with van der Waals surface area (Å²) in [5, 5.41) is 4.22. The van der Waals surface area contributed by atoms with E-state index in [9.17, 15) is 0 Å². The fourth-order valence-electron chi connectivity index (χ4n) is 2.20. The fraction of sp³-hybridized carbons (Fsp3) is 0.545. The first-order valence-electron chi connectivity index (χ1n) is 5.87. The number of nitrogens with zero attached hydrogens (tertiary/aromatic N) is 5. The first kappa shape index (κ1) is 11.7. The average Bonchev–Trinajstić information content (AvgIpc) is 2.85. The highest BCUT2D eigenvalue weighted by Crippen LogP contribution is 2.21. The van der Waals surface area contributed by atoms with Gasteiger partial charge < -0.3 is 9.64 Å². The van der Waals surface area contributed by atoms with Gasteiger partial charge >= 0.3 is 0 Å². The minimum atomic E-state index is 0.162. The third-order valence-corrected chi connectivity index (χ3v) is 3.42. The zero-order chi connectivity index (χ0) is 12.5. The fourth-order valence-corrected chi connectivity index (χ4v) is 2.46. The number of anilines is 1. The van der Waals surface area contributed by atoms with Crippen molar-refractivity contribution in [2.75, 3.05) is 30.5 Å². The Bertz CT molecular complexity index is 557. The molecule has 0 spiro atoms. The number of alkyl halides is 1. The van der Waals surface area contributed by atoms with E-state index in [4.69, 9.17) is 16.3 Å². The van der Waals surface area contributed by atoms with Crippen LogP contribution in [0.1, 0.15) is 5.69 Å². The Balaban J connectivity index is 2.08. The van der Waals surface area contributed by atoms with E-state index in [1.807, 2.05) is 13.0 Å². The van der Waals surface area contributed by atoms with Crippen LogP contribution in [-0.2, 0) is 4.74 Å². The van der Waals surface area contributed by atoms with Crippen LogP contribution >= 0.6 is 11.6 Å². The van der Waals surface area contributed by atoms with E-state index in [-0.39, 0.29) is 6.04 Å². The Morgan fingerprint density at radius 2 is 2.44 bits per heavy atom. The van der Waals surface area contributed by atoms with Crippen molar-refractivity contribution in [3.05, 3.63) is 18.1 Å². The van der Waals surface area contributed by atoms with E-state index in [2.05, 4.69) is 20.0 Å². The molecule has 1 saturated heterocycles. The lowest BCUT2D eigenvalue weighted by Gasteiger charge is -2.36. The standard InChI is InChI=1S/C11H14ClN5O/c1-8-4-10(17-11(15-8)13-7-14-17)16-2-3-18-6-9(16)5-12/h4,7,9H,2-3,5-6H2,1H3. The van der Waals surface area contributed by atoms with Gasteiger partial charge in [0.1, 0.15) is 12.1 Å². The Morgan fingerprint density at radius 1 is 1.56 bits per heavy atom. The molecule has 1 fully saturated rings. The summed E-state index contributed by atoms with van der Waals surface area (Å²) < 4.78 is 7.21. The van der Waals surface area contributed by atoms with Crippen LogP contribution in [0.3, 0.4) is 0 Å². The molecule has 1 unspecified atom stereocenters. The number of aromatic nitrogens is 4. The molecule has 0 N–H and O–H groups in total. The van der Waals surface area contributed by atoms with Gasteiger partial charge in [-0.3, -0.25) is 0 Å². The normalized spacial score (nSPS) is 20.6. The summed E-state index contributed by atoms with van der Waals surface area (Å²) in [4.78, 5) is 10.7. The molecule has 0 aromatic carbocycles. The minimum absolute atomic E-state index is 0.162. The molecule has 0 bridgehead atoms. The SMILES string of the molecule is Cc1cc(N2CCOCC2CCl)n2ncnc2n1. The van der Waals surface area contributed by atoms with Crippen molar-refractivity contribution >= 4 is 23.2 Å². The number of hydrogen-bond donors (Lipinski definition) is 0.